The summed E-state index contributed by atoms with van der Waals surface area (Å²) in [6, 6.07) is 5.30. The maximum Gasteiger partial charge on any atom is 0.254 e. The summed E-state index contributed by atoms with van der Waals surface area (Å²) in [6.07, 6.45) is 3.73. The molecular weight excluding hydrogens is 308 g/mol. The lowest BCUT2D eigenvalue weighted by Crippen LogP contribution is -2.48. The highest BCUT2D eigenvalue weighted by Crippen LogP contribution is 2.34. The van der Waals surface area contributed by atoms with E-state index in [1.165, 1.54) is 12.8 Å². The Morgan fingerprint density at radius 3 is 2.75 bits per heavy atom. The lowest BCUT2D eigenvalue weighted by Gasteiger charge is -2.32. The van der Waals surface area contributed by atoms with Crippen molar-refractivity contribution in [2.45, 2.75) is 43.9 Å². The average Bonchev–Trinajstić information content (AvgIpc) is 3.32. The fourth-order valence-corrected chi connectivity index (χ4v) is 4.22. The zero-order valence-corrected chi connectivity index (χ0v) is 14.0. The minimum Gasteiger partial charge on any atom is -0.454 e. The van der Waals surface area contributed by atoms with Crippen molar-refractivity contribution >= 4 is 5.91 Å². The quantitative estimate of drug-likeness (QED) is 0.908. The van der Waals surface area contributed by atoms with Crippen LogP contribution < -0.4 is 9.47 Å². The number of likely N-dealkylation sites (N-methyl/N-ethyl adjacent to an activating group) is 1. The molecule has 130 valence electrons. The van der Waals surface area contributed by atoms with Gasteiger partial charge in [0.2, 0.25) is 6.79 Å². The second-order valence-corrected chi connectivity index (χ2v) is 6.93. The van der Waals surface area contributed by atoms with Gasteiger partial charge in [-0.3, -0.25) is 9.69 Å². The van der Waals surface area contributed by atoms with Gasteiger partial charge in [-0.05, 0) is 57.0 Å². The van der Waals surface area contributed by atoms with Crippen molar-refractivity contribution in [2.24, 2.45) is 0 Å². The van der Waals surface area contributed by atoms with E-state index < -0.39 is 6.10 Å². The van der Waals surface area contributed by atoms with Crippen LogP contribution in [0.1, 0.15) is 36.0 Å². The summed E-state index contributed by atoms with van der Waals surface area (Å²) in [4.78, 5) is 16.9. The third kappa shape index (κ3) is 2.63. The zero-order valence-electron chi connectivity index (χ0n) is 14.0. The average molecular weight is 332 g/mol. The lowest BCUT2D eigenvalue weighted by molar-refractivity contribution is 0.0296. The Morgan fingerprint density at radius 1 is 1.21 bits per heavy atom. The van der Waals surface area contributed by atoms with E-state index in [9.17, 15) is 9.90 Å². The molecule has 0 unspecified atom stereocenters. The van der Waals surface area contributed by atoms with Gasteiger partial charge in [-0.1, -0.05) is 0 Å². The second kappa shape index (κ2) is 6.26. The molecule has 1 saturated carbocycles. The third-order valence-corrected chi connectivity index (χ3v) is 5.59. The molecule has 3 aliphatic rings. The van der Waals surface area contributed by atoms with E-state index >= 15 is 0 Å². The number of hydrogen-bond donors (Lipinski definition) is 1. The fraction of sp³-hybridized carbons (Fsp3) is 0.611. The predicted molar refractivity (Wildman–Crippen MR) is 88.3 cm³/mol. The molecule has 24 heavy (non-hydrogen) atoms. The van der Waals surface area contributed by atoms with Crippen LogP contribution in [0.25, 0.3) is 0 Å². The van der Waals surface area contributed by atoms with Crippen LogP contribution in [0, 0.1) is 0 Å². The smallest absolute Gasteiger partial charge is 0.254 e. The van der Waals surface area contributed by atoms with Crippen LogP contribution >= 0.6 is 0 Å². The zero-order chi connectivity index (χ0) is 16.7. The topological polar surface area (TPSA) is 62.2 Å². The van der Waals surface area contributed by atoms with Crippen molar-refractivity contribution in [1.82, 2.24) is 9.80 Å². The lowest BCUT2D eigenvalue weighted by atomic mass is 10.1. The normalized spacial score (nSPS) is 29.2. The van der Waals surface area contributed by atoms with Crippen LogP contribution in [-0.2, 0) is 0 Å². The highest BCUT2D eigenvalue weighted by atomic mass is 16.7. The maximum atomic E-state index is 12.8. The van der Waals surface area contributed by atoms with Crippen molar-refractivity contribution in [1.29, 1.82) is 0 Å². The molecule has 0 radical (unpaired) electrons. The number of carbonyl (C=O) groups excluding carboxylic acids is 1. The molecule has 0 aromatic heterocycles. The van der Waals surface area contributed by atoms with Crippen LogP contribution in [0.3, 0.4) is 0 Å². The van der Waals surface area contributed by atoms with Crippen molar-refractivity contribution in [2.75, 3.05) is 26.9 Å². The van der Waals surface area contributed by atoms with Gasteiger partial charge < -0.3 is 19.5 Å². The van der Waals surface area contributed by atoms with Crippen molar-refractivity contribution in [3.63, 3.8) is 0 Å². The largest absolute Gasteiger partial charge is 0.454 e. The number of aliphatic hydroxyl groups is 1. The number of nitrogens with zero attached hydrogens (tertiary/aromatic N) is 2. The van der Waals surface area contributed by atoms with Crippen molar-refractivity contribution in [3.8, 4) is 11.5 Å². The Bertz CT molecular complexity index is 629. The Hall–Kier alpha value is -1.79. The molecule has 6 nitrogen and oxygen atoms in total. The number of benzene rings is 1. The van der Waals surface area contributed by atoms with Crippen LogP contribution in [0.15, 0.2) is 18.2 Å². The number of ether oxygens (including phenoxy) is 2. The first kappa shape index (κ1) is 15.7. The van der Waals surface area contributed by atoms with E-state index in [0.29, 0.717) is 17.1 Å². The van der Waals surface area contributed by atoms with Gasteiger partial charge in [0, 0.05) is 18.7 Å². The first-order valence-electron chi connectivity index (χ1n) is 8.74. The number of carbonyl (C=O) groups is 1. The Labute approximate surface area is 141 Å². The van der Waals surface area contributed by atoms with E-state index in [0.717, 1.165) is 25.9 Å². The molecule has 6 heteroatoms. The van der Waals surface area contributed by atoms with Gasteiger partial charge in [0.25, 0.3) is 5.91 Å². The summed E-state index contributed by atoms with van der Waals surface area (Å²) in [5.41, 5.74) is 0.568. The Balaban J connectivity index is 1.47. The SMILES string of the molecule is CN(C(=O)c1ccc2c(c1)OCO2)[C@@H]1CC[C@@H](N2CCCC2)[C@@H]1O. The summed E-state index contributed by atoms with van der Waals surface area (Å²) in [5.74, 6) is 1.19. The molecule has 2 heterocycles. The molecule has 0 spiro atoms. The fourth-order valence-electron chi connectivity index (χ4n) is 4.22. The summed E-state index contributed by atoms with van der Waals surface area (Å²) in [5, 5.41) is 10.7. The van der Waals surface area contributed by atoms with Gasteiger partial charge in [-0.25, -0.2) is 0 Å². The number of amides is 1. The maximum absolute atomic E-state index is 12.8. The molecule has 1 aromatic rings. The van der Waals surface area contributed by atoms with E-state index in [1.807, 2.05) is 0 Å². The summed E-state index contributed by atoms with van der Waals surface area (Å²) >= 11 is 0. The van der Waals surface area contributed by atoms with Gasteiger partial charge >= 0.3 is 0 Å². The Kier molecular flexibility index (Phi) is 4.10. The molecule has 1 aromatic carbocycles. The van der Waals surface area contributed by atoms with Gasteiger partial charge in [-0.15, -0.1) is 0 Å². The predicted octanol–water partition coefficient (Wildman–Crippen LogP) is 1.47. The molecule has 1 aliphatic carbocycles. The van der Waals surface area contributed by atoms with E-state index in [-0.39, 0.29) is 24.8 Å². The summed E-state index contributed by atoms with van der Waals surface area (Å²) in [7, 11) is 1.78. The van der Waals surface area contributed by atoms with Gasteiger partial charge in [0.1, 0.15) is 0 Å². The van der Waals surface area contributed by atoms with Crippen LogP contribution in [0.2, 0.25) is 0 Å². The minimum atomic E-state index is -0.480. The molecular formula is C18H24N2O4. The van der Waals surface area contributed by atoms with E-state index in [1.54, 1.807) is 30.1 Å². The molecule has 1 N–H and O–H groups in total. The standard InChI is InChI=1S/C18H24N2O4/c1-19(13-5-6-14(17(13)21)20-8-2-3-9-20)18(22)12-4-7-15-16(10-12)24-11-23-15/h4,7,10,13-14,17,21H,2-3,5-6,8-9,11H2,1H3/t13-,14-,17-/m1/s1. The molecule has 1 saturated heterocycles. The molecule has 3 atom stereocenters. The van der Waals surface area contributed by atoms with Crippen molar-refractivity contribution in [3.05, 3.63) is 23.8 Å². The number of fused-ring (bicyclic) bond motifs is 1. The number of aliphatic hydroxyl groups excluding tert-OH is 1. The highest BCUT2D eigenvalue weighted by Gasteiger charge is 2.42. The molecule has 2 fully saturated rings. The third-order valence-electron chi connectivity index (χ3n) is 5.59. The number of likely N-dealkylation sites (tertiary alicyclic amines) is 1. The second-order valence-electron chi connectivity index (χ2n) is 6.93. The van der Waals surface area contributed by atoms with Gasteiger partial charge in [0.15, 0.2) is 11.5 Å². The molecule has 1 amide bonds. The first-order valence-corrected chi connectivity index (χ1v) is 8.74. The number of rotatable bonds is 3. The van der Waals surface area contributed by atoms with Crippen LogP contribution in [0.5, 0.6) is 11.5 Å². The number of hydrogen-bond acceptors (Lipinski definition) is 5. The highest BCUT2D eigenvalue weighted by molar-refractivity contribution is 5.95. The molecule has 2 aliphatic heterocycles. The van der Waals surface area contributed by atoms with Crippen LogP contribution in [0.4, 0.5) is 0 Å². The monoisotopic (exact) mass is 332 g/mol. The van der Waals surface area contributed by atoms with E-state index in [4.69, 9.17) is 9.47 Å². The molecule has 4 rings (SSSR count). The molecule has 0 bridgehead atoms. The first-order chi connectivity index (χ1) is 11.6. The van der Waals surface area contributed by atoms with Crippen LogP contribution in [-0.4, -0.2) is 65.9 Å². The summed E-state index contributed by atoms with van der Waals surface area (Å²) in [6.45, 7) is 2.32. The van der Waals surface area contributed by atoms with Crippen molar-refractivity contribution < 1.29 is 19.4 Å². The minimum absolute atomic E-state index is 0.0839. The van der Waals surface area contributed by atoms with Gasteiger partial charge in [-0.2, -0.15) is 0 Å². The Morgan fingerprint density at radius 2 is 1.96 bits per heavy atom. The summed E-state index contributed by atoms with van der Waals surface area (Å²) < 4.78 is 10.6. The van der Waals surface area contributed by atoms with Gasteiger partial charge in [0.05, 0.1) is 12.1 Å². The van der Waals surface area contributed by atoms with E-state index in [2.05, 4.69) is 4.90 Å².